The summed E-state index contributed by atoms with van der Waals surface area (Å²) in [5.74, 6) is 2.76. The first-order chi connectivity index (χ1) is 15.6. The van der Waals surface area contributed by atoms with E-state index in [0.29, 0.717) is 5.41 Å². The van der Waals surface area contributed by atoms with E-state index in [1.54, 1.807) is 0 Å². The summed E-state index contributed by atoms with van der Waals surface area (Å²) in [7, 11) is 0. The van der Waals surface area contributed by atoms with E-state index in [4.69, 9.17) is 10.1 Å². The molecule has 4 bridgehead atoms. The number of aryl methyl sites for hydroxylation is 1. The van der Waals surface area contributed by atoms with Gasteiger partial charge in [0.1, 0.15) is 0 Å². The summed E-state index contributed by atoms with van der Waals surface area (Å²) < 4.78 is 0. The van der Waals surface area contributed by atoms with Crippen LogP contribution in [0.15, 0.2) is 30.3 Å². The first-order valence-corrected chi connectivity index (χ1v) is 12.6. The maximum Gasteiger partial charge on any atom is 0.252 e. The van der Waals surface area contributed by atoms with Gasteiger partial charge in [-0.15, -0.1) is 0 Å². The van der Waals surface area contributed by atoms with Crippen LogP contribution in [0.5, 0.6) is 0 Å². The van der Waals surface area contributed by atoms with Gasteiger partial charge in [0, 0.05) is 24.2 Å². The van der Waals surface area contributed by atoms with Gasteiger partial charge >= 0.3 is 0 Å². The Hall–Kier alpha value is -1.98. The number of nitrogens with zero attached hydrogens (tertiary/aromatic N) is 1. The minimum atomic E-state index is 0.0571. The fourth-order valence-corrected chi connectivity index (χ4v) is 7.14. The average Bonchev–Trinajstić information content (AvgIpc) is 2.78. The lowest BCUT2D eigenvalue weighted by Gasteiger charge is -2.56. The van der Waals surface area contributed by atoms with E-state index in [1.165, 1.54) is 38.5 Å². The number of aliphatic hydroxyl groups is 1. The van der Waals surface area contributed by atoms with Crippen LogP contribution in [0.4, 0.5) is 0 Å². The largest absolute Gasteiger partial charge is 0.396 e. The van der Waals surface area contributed by atoms with Gasteiger partial charge in [0.15, 0.2) is 0 Å². The van der Waals surface area contributed by atoms with Crippen molar-refractivity contribution in [1.29, 1.82) is 0 Å². The van der Waals surface area contributed by atoms with Crippen molar-refractivity contribution in [3.05, 3.63) is 41.6 Å². The van der Waals surface area contributed by atoms with E-state index in [9.17, 15) is 4.79 Å². The van der Waals surface area contributed by atoms with Gasteiger partial charge in [0.05, 0.1) is 11.1 Å². The number of benzene rings is 1. The van der Waals surface area contributed by atoms with Crippen molar-refractivity contribution in [1.82, 2.24) is 15.6 Å². The smallest absolute Gasteiger partial charge is 0.252 e. The van der Waals surface area contributed by atoms with Gasteiger partial charge in [-0.2, -0.15) is 0 Å². The van der Waals surface area contributed by atoms with Crippen LogP contribution in [0.25, 0.3) is 10.9 Å². The van der Waals surface area contributed by atoms with Crippen molar-refractivity contribution in [3.8, 4) is 0 Å². The molecular weight excluding hydrogens is 398 g/mol. The van der Waals surface area contributed by atoms with Gasteiger partial charge in [-0.3, -0.25) is 9.78 Å². The molecule has 4 saturated carbocycles. The van der Waals surface area contributed by atoms with Crippen molar-refractivity contribution in [2.75, 3.05) is 26.2 Å². The third-order valence-corrected chi connectivity index (χ3v) is 8.10. The average molecular weight is 436 g/mol. The molecule has 4 aliphatic carbocycles. The van der Waals surface area contributed by atoms with Gasteiger partial charge < -0.3 is 15.7 Å². The zero-order valence-electron chi connectivity index (χ0n) is 19.1. The lowest BCUT2D eigenvalue weighted by Crippen LogP contribution is -2.51. The Morgan fingerprint density at radius 3 is 2.44 bits per heavy atom. The predicted octanol–water partition coefficient (Wildman–Crippen LogP) is 4.09. The summed E-state index contributed by atoms with van der Waals surface area (Å²) >= 11 is 0. The van der Waals surface area contributed by atoms with Crippen LogP contribution >= 0.6 is 0 Å². The van der Waals surface area contributed by atoms with Crippen LogP contribution in [-0.2, 0) is 6.42 Å². The molecule has 0 aliphatic heterocycles. The highest BCUT2D eigenvalue weighted by atomic mass is 16.3. The summed E-state index contributed by atoms with van der Waals surface area (Å²) in [6.07, 6.45) is 10.8. The lowest BCUT2D eigenvalue weighted by molar-refractivity contribution is -0.0503. The number of pyridine rings is 1. The quantitative estimate of drug-likeness (QED) is 0.492. The standard InChI is InChI=1S/C27H37N3O2/c31-10-4-9-28-8-3-5-22-14-24(23-6-1-2-7-25(23)30-22)26(32)29-18-27-15-19-11-20(16-27)13-21(12-19)17-27/h1-2,6-7,14,19-21,28,31H,3-5,8-13,15-18H2,(H,29,32). The minimum Gasteiger partial charge on any atom is -0.396 e. The third-order valence-electron chi connectivity index (χ3n) is 8.10. The topological polar surface area (TPSA) is 74.2 Å². The molecule has 1 aromatic heterocycles. The van der Waals surface area contributed by atoms with Crippen LogP contribution in [0.2, 0.25) is 0 Å². The molecule has 5 heteroatoms. The van der Waals surface area contributed by atoms with Gasteiger partial charge in [0.25, 0.3) is 5.91 Å². The zero-order valence-corrected chi connectivity index (χ0v) is 19.1. The number of amides is 1. The molecule has 1 amide bonds. The Morgan fingerprint density at radius 2 is 1.72 bits per heavy atom. The van der Waals surface area contributed by atoms with Gasteiger partial charge in [-0.25, -0.2) is 0 Å². The molecule has 0 unspecified atom stereocenters. The van der Waals surface area contributed by atoms with Crippen molar-refractivity contribution in [2.45, 2.75) is 57.8 Å². The zero-order chi connectivity index (χ0) is 22.0. The fourth-order valence-electron chi connectivity index (χ4n) is 7.14. The van der Waals surface area contributed by atoms with E-state index < -0.39 is 0 Å². The Kier molecular flexibility index (Phi) is 6.47. The molecule has 4 fully saturated rings. The number of aliphatic hydroxyl groups excluding tert-OH is 1. The summed E-state index contributed by atoms with van der Waals surface area (Å²) in [6.45, 7) is 2.78. The fraction of sp³-hybridized carbons (Fsp3) is 0.630. The van der Waals surface area contributed by atoms with E-state index >= 15 is 0 Å². The molecule has 32 heavy (non-hydrogen) atoms. The summed E-state index contributed by atoms with van der Waals surface area (Å²) in [4.78, 5) is 18.2. The predicted molar refractivity (Wildman–Crippen MR) is 128 cm³/mol. The van der Waals surface area contributed by atoms with E-state index in [2.05, 4.69) is 10.6 Å². The van der Waals surface area contributed by atoms with E-state index in [1.807, 2.05) is 30.3 Å². The van der Waals surface area contributed by atoms with Gasteiger partial charge in [-0.05, 0) is 106 Å². The highest BCUT2D eigenvalue weighted by Crippen LogP contribution is 2.59. The molecule has 0 radical (unpaired) electrons. The van der Waals surface area contributed by atoms with E-state index in [0.717, 1.165) is 78.8 Å². The summed E-state index contributed by atoms with van der Waals surface area (Å²) in [6, 6.07) is 10.0. The molecule has 1 heterocycles. The number of rotatable bonds is 10. The van der Waals surface area contributed by atoms with Crippen LogP contribution in [-0.4, -0.2) is 42.2 Å². The number of fused-ring (bicyclic) bond motifs is 1. The molecular formula is C27H37N3O2. The maximum absolute atomic E-state index is 13.4. The molecule has 0 saturated heterocycles. The number of hydrogen-bond donors (Lipinski definition) is 3. The maximum atomic E-state index is 13.4. The monoisotopic (exact) mass is 435 g/mol. The molecule has 0 atom stereocenters. The lowest BCUT2D eigenvalue weighted by atomic mass is 9.49. The molecule has 5 nitrogen and oxygen atoms in total. The Labute approximate surface area is 191 Å². The highest BCUT2D eigenvalue weighted by Gasteiger charge is 2.50. The van der Waals surface area contributed by atoms with Crippen molar-refractivity contribution in [2.24, 2.45) is 23.2 Å². The number of hydrogen-bond acceptors (Lipinski definition) is 4. The second kappa shape index (κ2) is 9.48. The first kappa shape index (κ1) is 21.8. The van der Waals surface area contributed by atoms with Crippen LogP contribution in [0.1, 0.15) is 67.4 Å². The number of nitrogens with one attached hydrogen (secondary N) is 2. The summed E-state index contributed by atoms with van der Waals surface area (Å²) in [5.41, 5.74) is 2.99. The SMILES string of the molecule is O=C(NCC12CC3CC(CC(C3)C1)C2)c1cc(CCCNCCCO)nc2ccccc12. The number of carbonyl (C=O) groups is 1. The molecule has 0 spiro atoms. The highest BCUT2D eigenvalue weighted by molar-refractivity contribution is 6.06. The second-order valence-electron chi connectivity index (χ2n) is 10.7. The Morgan fingerprint density at radius 1 is 1.03 bits per heavy atom. The van der Waals surface area contributed by atoms with Gasteiger partial charge in [0.2, 0.25) is 0 Å². The second-order valence-corrected chi connectivity index (χ2v) is 10.7. The first-order valence-electron chi connectivity index (χ1n) is 12.6. The van der Waals surface area contributed by atoms with Crippen LogP contribution < -0.4 is 10.6 Å². The van der Waals surface area contributed by atoms with Gasteiger partial charge in [-0.1, -0.05) is 18.2 Å². The Bertz CT molecular complexity index is 922. The normalized spacial score (nSPS) is 28.3. The Balaban J connectivity index is 1.26. The van der Waals surface area contributed by atoms with Crippen LogP contribution in [0.3, 0.4) is 0 Å². The molecule has 3 N–H and O–H groups in total. The van der Waals surface area contributed by atoms with Crippen molar-refractivity contribution >= 4 is 16.8 Å². The third kappa shape index (κ3) is 4.69. The van der Waals surface area contributed by atoms with Crippen LogP contribution in [0, 0.1) is 23.2 Å². The van der Waals surface area contributed by atoms with Crippen molar-refractivity contribution < 1.29 is 9.90 Å². The molecule has 6 rings (SSSR count). The molecule has 2 aromatic rings. The number of carbonyl (C=O) groups excluding carboxylic acids is 1. The molecule has 1 aromatic carbocycles. The van der Waals surface area contributed by atoms with Crippen molar-refractivity contribution in [3.63, 3.8) is 0 Å². The minimum absolute atomic E-state index is 0.0571. The van der Waals surface area contributed by atoms with E-state index in [-0.39, 0.29) is 12.5 Å². The summed E-state index contributed by atoms with van der Waals surface area (Å²) in [5, 5.41) is 16.5. The number of para-hydroxylation sites is 1. The number of aromatic nitrogens is 1. The molecule has 4 aliphatic rings. The molecule has 172 valence electrons.